The van der Waals surface area contributed by atoms with E-state index in [-0.39, 0.29) is 27.1 Å². The number of hydrogen-bond acceptors (Lipinski definition) is 3. The number of nitrogens with one attached hydrogen (secondary N) is 1. The highest BCUT2D eigenvalue weighted by Crippen LogP contribution is 2.31. The molecule has 6 heteroatoms. The third-order valence-electron chi connectivity index (χ3n) is 2.23. The van der Waals surface area contributed by atoms with Crippen molar-refractivity contribution in [2.24, 2.45) is 0 Å². The van der Waals surface area contributed by atoms with Gasteiger partial charge in [-0.1, -0.05) is 0 Å². The summed E-state index contributed by atoms with van der Waals surface area (Å²) in [6, 6.07) is 6.43. The first-order valence-electron chi connectivity index (χ1n) is 4.34. The van der Waals surface area contributed by atoms with Crippen LogP contribution in [0.2, 0.25) is 0 Å². The molecule has 5 nitrogen and oxygen atoms in total. The molecule has 0 unspecified atom stereocenters. The van der Waals surface area contributed by atoms with Gasteiger partial charge in [0.15, 0.2) is 0 Å². The molecule has 83 valence electrons. The van der Waals surface area contributed by atoms with Crippen LogP contribution in [0.5, 0.6) is 5.75 Å². The Kier molecular flexibility index (Phi) is 2.25. The van der Waals surface area contributed by atoms with Gasteiger partial charge < -0.3 is 10.8 Å². The van der Waals surface area contributed by atoms with Crippen LogP contribution in [0.4, 0.5) is 5.69 Å². The fourth-order valence-corrected chi connectivity index (χ4v) is 2.22. The minimum atomic E-state index is -4.36. The average Bonchev–Trinajstić information content (AvgIpc) is 2.15. The van der Waals surface area contributed by atoms with Crippen molar-refractivity contribution in [3.63, 3.8) is 0 Å². The van der Waals surface area contributed by atoms with Crippen molar-refractivity contribution in [3.8, 4) is 5.75 Å². The van der Waals surface area contributed by atoms with Crippen LogP contribution >= 0.6 is 0 Å². The molecule has 1 radical (unpaired) electrons. The number of benzene rings is 2. The summed E-state index contributed by atoms with van der Waals surface area (Å²) in [5.41, 5.74) is 7.49. The van der Waals surface area contributed by atoms with E-state index in [9.17, 15) is 13.5 Å². The minimum absolute atomic E-state index is 0.0950. The van der Waals surface area contributed by atoms with E-state index in [0.29, 0.717) is 0 Å². The van der Waals surface area contributed by atoms with E-state index in [4.69, 9.17) is 10.3 Å². The molecule has 0 amide bonds. The van der Waals surface area contributed by atoms with Crippen LogP contribution < -0.4 is 5.73 Å². The van der Waals surface area contributed by atoms with E-state index >= 15 is 0 Å². The number of phenols is 1. The van der Waals surface area contributed by atoms with E-state index in [2.05, 4.69) is 0 Å². The largest absolute Gasteiger partial charge is 0.507 e. The van der Waals surface area contributed by atoms with Crippen LogP contribution in [0.15, 0.2) is 35.2 Å². The molecule has 0 aliphatic rings. The summed E-state index contributed by atoms with van der Waals surface area (Å²) in [6.45, 7) is 0. The summed E-state index contributed by atoms with van der Waals surface area (Å²) in [5, 5.41) is 9.93. The summed E-state index contributed by atoms with van der Waals surface area (Å²) >= 11 is 0. The summed E-state index contributed by atoms with van der Waals surface area (Å²) in [6.07, 6.45) is 0. The first-order valence-corrected chi connectivity index (χ1v) is 5.78. The Bertz CT molecular complexity index is 664. The molecule has 2 aromatic carbocycles. The van der Waals surface area contributed by atoms with Crippen molar-refractivity contribution in [3.05, 3.63) is 30.3 Å². The molecule has 0 aliphatic carbocycles. The molecule has 2 aromatic rings. The van der Waals surface area contributed by atoms with Crippen molar-refractivity contribution in [2.75, 3.05) is 0 Å². The zero-order valence-electron chi connectivity index (χ0n) is 8.01. The SMILES string of the molecule is [NH]c1ccc2c(O)ccc(S(=O)(=O)O)c2c1. The lowest BCUT2D eigenvalue weighted by Gasteiger charge is -2.06. The molecule has 0 aromatic heterocycles. The second-order valence-corrected chi connectivity index (χ2v) is 4.71. The molecule has 3 N–H and O–H groups in total. The molecular weight excluding hydrogens is 230 g/mol. The van der Waals surface area contributed by atoms with E-state index in [1.54, 1.807) is 0 Å². The van der Waals surface area contributed by atoms with Gasteiger partial charge in [-0.25, -0.2) is 0 Å². The highest BCUT2D eigenvalue weighted by atomic mass is 32.2. The maximum absolute atomic E-state index is 11.1. The van der Waals surface area contributed by atoms with E-state index in [1.165, 1.54) is 24.3 Å². The van der Waals surface area contributed by atoms with Gasteiger partial charge >= 0.3 is 0 Å². The zero-order valence-corrected chi connectivity index (χ0v) is 8.82. The Morgan fingerprint density at radius 1 is 1.06 bits per heavy atom. The lowest BCUT2D eigenvalue weighted by Crippen LogP contribution is -1.98. The summed E-state index contributed by atoms with van der Waals surface area (Å²) in [4.78, 5) is -0.311. The van der Waals surface area contributed by atoms with Crippen molar-refractivity contribution in [1.82, 2.24) is 5.73 Å². The fraction of sp³-hybridized carbons (Fsp3) is 0. The molecule has 0 saturated carbocycles. The van der Waals surface area contributed by atoms with Gasteiger partial charge in [0.25, 0.3) is 10.1 Å². The predicted octanol–water partition coefficient (Wildman–Crippen LogP) is 1.71. The van der Waals surface area contributed by atoms with E-state index < -0.39 is 10.1 Å². The number of phenolic OH excluding ortho intramolecular Hbond substituents is 1. The van der Waals surface area contributed by atoms with E-state index in [0.717, 1.165) is 6.07 Å². The lowest BCUT2D eigenvalue weighted by molar-refractivity contribution is 0.479. The Hall–Kier alpha value is -1.79. The quantitative estimate of drug-likeness (QED) is 0.738. The second kappa shape index (κ2) is 3.36. The van der Waals surface area contributed by atoms with Crippen molar-refractivity contribution in [2.45, 2.75) is 4.90 Å². The maximum atomic E-state index is 11.1. The number of hydrogen-bond donors (Lipinski definition) is 2. The third-order valence-corrected chi connectivity index (χ3v) is 3.14. The number of rotatable bonds is 1. The Morgan fingerprint density at radius 3 is 2.38 bits per heavy atom. The smallest absolute Gasteiger partial charge is 0.295 e. The molecule has 0 heterocycles. The second-order valence-electron chi connectivity index (χ2n) is 3.32. The Balaban J connectivity index is 2.98. The van der Waals surface area contributed by atoms with Gasteiger partial charge in [-0.15, -0.1) is 0 Å². The van der Waals surface area contributed by atoms with Gasteiger partial charge in [-0.2, -0.15) is 8.42 Å². The van der Waals surface area contributed by atoms with Crippen LogP contribution in [0, 0.1) is 0 Å². The highest BCUT2D eigenvalue weighted by Gasteiger charge is 2.15. The molecule has 0 spiro atoms. The van der Waals surface area contributed by atoms with Gasteiger partial charge in [0.1, 0.15) is 10.6 Å². The van der Waals surface area contributed by atoms with Crippen molar-refractivity contribution in [1.29, 1.82) is 0 Å². The molecule has 16 heavy (non-hydrogen) atoms. The van der Waals surface area contributed by atoms with Gasteiger partial charge in [0, 0.05) is 10.8 Å². The van der Waals surface area contributed by atoms with Crippen LogP contribution in [0.3, 0.4) is 0 Å². The van der Waals surface area contributed by atoms with Gasteiger partial charge in [-0.05, 0) is 30.3 Å². The number of aromatic hydroxyl groups is 1. The average molecular weight is 238 g/mol. The monoisotopic (exact) mass is 238 g/mol. The summed E-state index contributed by atoms with van der Waals surface area (Å²) in [7, 11) is -4.36. The molecule has 2 rings (SSSR count). The molecular formula is C10H8NO4S. The topological polar surface area (TPSA) is 98.4 Å². The molecule has 0 bridgehead atoms. The van der Waals surface area contributed by atoms with Gasteiger partial charge in [0.2, 0.25) is 0 Å². The van der Waals surface area contributed by atoms with Crippen LogP contribution in [-0.4, -0.2) is 18.1 Å². The van der Waals surface area contributed by atoms with Gasteiger partial charge in [-0.3, -0.25) is 4.55 Å². The molecule has 0 atom stereocenters. The maximum Gasteiger partial charge on any atom is 0.295 e. The van der Waals surface area contributed by atoms with Crippen LogP contribution in [-0.2, 0) is 10.1 Å². The predicted molar refractivity (Wildman–Crippen MR) is 58.2 cm³/mol. The molecule has 0 fully saturated rings. The lowest BCUT2D eigenvalue weighted by atomic mass is 10.1. The Morgan fingerprint density at radius 2 is 1.75 bits per heavy atom. The fourth-order valence-electron chi connectivity index (χ4n) is 1.53. The standard InChI is InChI=1S/C10H8NO4S/c11-6-1-2-7-8(5-6)10(16(13,14)15)4-3-9(7)12/h1-5,11-12H,(H,13,14,15). The first kappa shape index (κ1) is 10.7. The zero-order chi connectivity index (χ0) is 11.9. The Labute approximate surface area is 91.9 Å². The third kappa shape index (κ3) is 1.68. The van der Waals surface area contributed by atoms with E-state index in [1.807, 2.05) is 0 Å². The first-order chi connectivity index (χ1) is 7.39. The summed E-state index contributed by atoms with van der Waals surface area (Å²) < 4.78 is 31.2. The normalized spacial score (nSPS) is 11.8. The highest BCUT2D eigenvalue weighted by molar-refractivity contribution is 7.86. The molecule has 0 saturated heterocycles. The van der Waals surface area contributed by atoms with Crippen molar-refractivity contribution >= 4 is 26.6 Å². The minimum Gasteiger partial charge on any atom is -0.507 e. The van der Waals surface area contributed by atoms with Gasteiger partial charge in [0.05, 0.1) is 5.69 Å². The van der Waals surface area contributed by atoms with Crippen LogP contribution in [0.25, 0.3) is 10.8 Å². The molecule has 0 aliphatic heterocycles. The number of fused-ring (bicyclic) bond motifs is 1. The van der Waals surface area contributed by atoms with Crippen LogP contribution in [0.1, 0.15) is 0 Å². The summed E-state index contributed by atoms with van der Waals surface area (Å²) in [5.74, 6) is -0.0950. The van der Waals surface area contributed by atoms with Crippen molar-refractivity contribution < 1.29 is 18.1 Å².